The van der Waals surface area contributed by atoms with Crippen LogP contribution in [0.5, 0.6) is 0 Å². The van der Waals surface area contributed by atoms with Crippen molar-refractivity contribution in [1.82, 2.24) is 10.0 Å². The standard InChI is InChI=1S/C19H18Cl2N2O2S2/c20-16-9-5-4-8-15(16)12-22-17(14-6-2-1-3-7-14)13-23-27(24,25)19-11-10-18(21)26-19/h1-11,17,22-23H,12-13H2/t17-/m0/s1. The molecule has 3 rings (SSSR count). The van der Waals surface area contributed by atoms with E-state index < -0.39 is 10.0 Å². The average Bonchev–Trinajstić information content (AvgIpc) is 3.11. The minimum atomic E-state index is -3.62. The maximum absolute atomic E-state index is 12.5. The first-order valence-corrected chi connectivity index (χ1v) is 11.3. The van der Waals surface area contributed by atoms with Crippen LogP contribution in [-0.4, -0.2) is 15.0 Å². The molecule has 0 bridgehead atoms. The van der Waals surface area contributed by atoms with Gasteiger partial charge in [-0.25, -0.2) is 13.1 Å². The van der Waals surface area contributed by atoms with Gasteiger partial charge >= 0.3 is 0 Å². The van der Waals surface area contributed by atoms with Crippen molar-refractivity contribution in [2.75, 3.05) is 6.54 Å². The Balaban J connectivity index is 1.74. The van der Waals surface area contributed by atoms with Gasteiger partial charge in [0.2, 0.25) is 10.0 Å². The summed E-state index contributed by atoms with van der Waals surface area (Å²) in [5.74, 6) is 0. The lowest BCUT2D eigenvalue weighted by Gasteiger charge is -2.20. The number of sulfonamides is 1. The summed E-state index contributed by atoms with van der Waals surface area (Å²) in [6.07, 6.45) is 0. The third-order valence-corrected chi connectivity index (χ3v) is 7.50. The molecule has 0 radical (unpaired) electrons. The molecule has 0 aliphatic rings. The van der Waals surface area contributed by atoms with E-state index in [0.29, 0.717) is 15.9 Å². The van der Waals surface area contributed by atoms with Gasteiger partial charge in [-0.2, -0.15) is 0 Å². The van der Waals surface area contributed by atoms with Crippen molar-refractivity contribution in [3.8, 4) is 0 Å². The highest BCUT2D eigenvalue weighted by molar-refractivity contribution is 7.91. The molecule has 27 heavy (non-hydrogen) atoms. The van der Waals surface area contributed by atoms with Crippen LogP contribution in [0.1, 0.15) is 17.2 Å². The van der Waals surface area contributed by atoms with Gasteiger partial charge in [-0.1, -0.05) is 71.7 Å². The summed E-state index contributed by atoms with van der Waals surface area (Å²) in [6.45, 7) is 0.720. The SMILES string of the molecule is O=S(=O)(NC[C@H](NCc1ccccc1Cl)c1ccccc1)c1ccc(Cl)s1. The first kappa shape index (κ1) is 20.3. The summed E-state index contributed by atoms with van der Waals surface area (Å²) >= 11 is 13.1. The molecule has 4 nitrogen and oxygen atoms in total. The molecule has 8 heteroatoms. The number of benzene rings is 2. The fourth-order valence-electron chi connectivity index (χ4n) is 2.57. The zero-order valence-corrected chi connectivity index (χ0v) is 17.4. The molecule has 1 atom stereocenters. The minimum Gasteiger partial charge on any atom is -0.305 e. The predicted molar refractivity (Wildman–Crippen MR) is 112 cm³/mol. The molecule has 0 aliphatic carbocycles. The van der Waals surface area contributed by atoms with E-state index in [1.165, 1.54) is 6.07 Å². The monoisotopic (exact) mass is 440 g/mol. The molecule has 0 saturated carbocycles. The molecule has 2 aromatic carbocycles. The number of hydrogen-bond acceptors (Lipinski definition) is 4. The van der Waals surface area contributed by atoms with Crippen LogP contribution in [0.4, 0.5) is 0 Å². The van der Waals surface area contributed by atoms with Crippen molar-refractivity contribution in [2.45, 2.75) is 16.8 Å². The van der Waals surface area contributed by atoms with Gasteiger partial charge in [0, 0.05) is 24.2 Å². The molecule has 1 aromatic heterocycles. The van der Waals surface area contributed by atoms with E-state index in [-0.39, 0.29) is 16.8 Å². The third-order valence-electron chi connectivity index (χ3n) is 3.99. The van der Waals surface area contributed by atoms with E-state index in [0.717, 1.165) is 22.5 Å². The second-order valence-corrected chi connectivity index (χ2v) is 9.96. The normalized spacial score (nSPS) is 12.8. The van der Waals surface area contributed by atoms with Gasteiger partial charge in [0.25, 0.3) is 0 Å². The second kappa shape index (κ2) is 9.19. The Bertz CT molecular complexity index is 992. The van der Waals surface area contributed by atoms with Crippen LogP contribution < -0.4 is 10.0 Å². The van der Waals surface area contributed by atoms with Crippen LogP contribution in [0, 0.1) is 0 Å². The van der Waals surface area contributed by atoms with Crippen LogP contribution in [0.25, 0.3) is 0 Å². The largest absolute Gasteiger partial charge is 0.305 e. The highest BCUT2D eigenvalue weighted by Crippen LogP contribution is 2.25. The molecule has 0 aliphatic heterocycles. The van der Waals surface area contributed by atoms with Gasteiger partial charge in [0.1, 0.15) is 4.21 Å². The Morgan fingerprint density at radius 2 is 1.63 bits per heavy atom. The topological polar surface area (TPSA) is 58.2 Å². The fraction of sp³-hybridized carbons (Fsp3) is 0.158. The van der Waals surface area contributed by atoms with Crippen molar-refractivity contribution in [3.05, 3.63) is 87.2 Å². The van der Waals surface area contributed by atoms with Gasteiger partial charge in [-0.15, -0.1) is 11.3 Å². The molecule has 0 unspecified atom stereocenters. The average molecular weight is 441 g/mol. The Morgan fingerprint density at radius 3 is 2.30 bits per heavy atom. The van der Waals surface area contributed by atoms with Crippen LogP contribution in [0.2, 0.25) is 9.36 Å². The smallest absolute Gasteiger partial charge is 0.250 e. The Labute approximate surface area is 173 Å². The number of nitrogens with one attached hydrogen (secondary N) is 2. The minimum absolute atomic E-state index is 0.199. The summed E-state index contributed by atoms with van der Waals surface area (Å²) in [6, 6.07) is 20.1. The van der Waals surface area contributed by atoms with E-state index in [9.17, 15) is 8.42 Å². The van der Waals surface area contributed by atoms with E-state index in [2.05, 4.69) is 10.0 Å². The number of hydrogen-bond donors (Lipinski definition) is 2. The fourth-order valence-corrected chi connectivity index (χ4v) is 5.35. The molecule has 0 saturated heterocycles. The Kier molecular flexibility index (Phi) is 6.92. The van der Waals surface area contributed by atoms with Crippen LogP contribution in [0.15, 0.2) is 70.9 Å². The molecular weight excluding hydrogens is 423 g/mol. The van der Waals surface area contributed by atoms with Gasteiger partial charge < -0.3 is 5.32 Å². The summed E-state index contributed by atoms with van der Waals surface area (Å²) in [5.41, 5.74) is 1.93. The molecule has 1 heterocycles. The highest BCUT2D eigenvalue weighted by Gasteiger charge is 2.20. The van der Waals surface area contributed by atoms with E-state index in [4.69, 9.17) is 23.2 Å². The zero-order chi connectivity index (χ0) is 19.3. The highest BCUT2D eigenvalue weighted by atomic mass is 35.5. The maximum Gasteiger partial charge on any atom is 0.250 e. The molecule has 3 aromatic rings. The first-order chi connectivity index (χ1) is 13.0. The van der Waals surface area contributed by atoms with Gasteiger partial charge in [0.15, 0.2) is 0 Å². The maximum atomic E-state index is 12.5. The van der Waals surface area contributed by atoms with Crippen molar-refractivity contribution in [2.24, 2.45) is 0 Å². The van der Waals surface area contributed by atoms with Crippen molar-refractivity contribution < 1.29 is 8.42 Å². The lowest BCUT2D eigenvalue weighted by molar-refractivity contribution is 0.513. The molecule has 2 N–H and O–H groups in total. The van der Waals surface area contributed by atoms with Crippen LogP contribution in [0.3, 0.4) is 0 Å². The Hall–Kier alpha value is -1.41. The quantitative estimate of drug-likeness (QED) is 0.525. The zero-order valence-electron chi connectivity index (χ0n) is 14.2. The summed E-state index contributed by atoms with van der Waals surface area (Å²) in [7, 11) is -3.62. The van der Waals surface area contributed by atoms with E-state index >= 15 is 0 Å². The summed E-state index contributed by atoms with van der Waals surface area (Å²) < 4.78 is 28.3. The first-order valence-electron chi connectivity index (χ1n) is 8.22. The molecular formula is C19H18Cl2N2O2S2. The van der Waals surface area contributed by atoms with E-state index in [1.807, 2.05) is 54.6 Å². The lowest BCUT2D eigenvalue weighted by atomic mass is 10.1. The number of thiophene rings is 1. The van der Waals surface area contributed by atoms with E-state index in [1.54, 1.807) is 6.07 Å². The van der Waals surface area contributed by atoms with Crippen LogP contribution >= 0.6 is 34.5 Å². The Morgan fingerprint density at radius 1 is 0.926 bits per heavy atom. The predicted octanol–water partition coefficient (Wildman–Crippen LogP) is 4.86. The summed E-state index contributed by atoms with van der Waals surface area (Å²) in [5, 5.41) is 4.06. The van der Waals surface area contributed by atoms with Crippen molar-refractivity contribution in [3.63, 3.8) is 0 Å². The van der Waals surface area contributed by atoms with Gasteiger partial charge in [-0.3, -0.25) is 0 Å². The number of halogens is 2. The lowest BCUT2D eigenvalue weighted by Crippen LogP contribution is -2.34. The van der Waals surface area contributed by atoms with Crippen LogP contribution in [-0.2, 0) is 16.6 Å². The molecule has 0 amide bonds. The summed E-state index contributed by atoms with van der Waals surface area (Å²) in [4.78, 5) is 0. The van der Waals surface area contributed by atoms with Crippen molar-refractivity contribution in [1.29, 1.82) is 0 Å². The van der Waals surface area contributed by atoms with Crippen molar-refractivity contribution >= 4 is 44.6 Å². The number of rotatable bonds is 8. The molecule has 142 valence electrons. The second-order valence-electron chi connectivity index (χ2n) is 5.85. The molecule has 0 fully saturated rings. The third kappa shape index (κ3) is 5.54. The van der Waals surface area contributed by atoms with Gasteiger partial charge in [0.05, 0.1) is 4.34 Å². The molecule has 0 spiro atoms. The van der Waals surface area contributed by atoms with Gasteiger partial charge in [-0.05, 0) is 29.3 Å².